The first-order valence-corrected chi connectivity index (χ1v) is 7.94. The van der Waals surface area contributed by atoms with Gasteiger partial charge in [-0.3, -0.25) is 0 Å². The molecule has 0 bridgehead atoms. The summed E-state index contributed by atoms with van der Waals surface area (Å²) in [6.45, 7) is 7.85. The predicted octanol–water partition coefficient (Wildman–Crippen LogP) is 3.66. The summed E-state index contributed by atoms with van der Waals surface area (Å²) in [6, 6.07) is 9.74. The number of hydrogen-bond donors (Lipinski definition) is 1. The van der Waals surface area contributed by atoms with E-state index in [4.69, 9.17) is 9.47 Å². The second-order valence-corrected chi connectivity index (χ2v) is 7.01. The van der Waals surface area contributed by atoms with E-state index < -0.39 is 0 Å². The molecule has 1 aromatic carbocycles. The molecule has 21 heavy (non-hydrogen) atoms. The Labute approximate surface area is 128 Å². The van der Waals surface area contributed by atoms with Crippen molar-refractivity contribution in [2.24, 2.45) is 11.3 Å². The van der Waals surface area contributed by atoms with Crippen LogP contribution in [0.25, 0.3) is 0 Å². The minimum absolute atomic E-state index is 0.0534. The summed E-state index contributed by atoms with van der Waals surface area (Å²) in [7, 11) is 0. The molecule has 1 fully saturated rings. The third-order valence-electron chi connectivity index (χ3n) is 4.41. The number of para-hydroxylation sites is 1. The molecule has 118 valence electrons. The van der Waals surface area contributed by atoms with Gasteiger partial charge in [0.25, 0.3) is 0 Å². The highest BCUT2D eigenvalue weighted by Gasteiger charge is 2.35. The first-order valence-electron chi connectivity index (χ1n) is 7.94. The van der Waals surface area contributed by atoms with Crippen LogP contribution in [0.2, 0.25) is 0 Å². The third-order valence-corrected chi connectivity index (χ3v) is 4.41. The Hall–Kier alpha value is -1.06. The van der Waals surface area contributed by atoms with Gasteiger partial charge in [0.15, 0.2) is 0 Å². The Bertz CT molecular complexity index is 410. The van der Waals surface area contributed by atoms with Crippen LogP contribution in [0.5, 0.6) is 5.75 Å². The van der Waals surface area contributed by atoms with Crippen molar-refractivity contribution in [2.45, 2.75) is 52.2 Å². The molecule has 3 unspecified atom stereocenters. The number of ether oxygens (including phenoxy) is 2. The van der Waals surface area contributed by atoms with Gasteiger partial charge < -0.3 is 14.6 Å². The lowest BCUT2D eigenvalue weighted by molar-refractivity contribution is -0.0884. The van der Waals surface area contributed by atoms with E-state index in [0.717, 1.165) is 25.0 Å². The highest BCUT2D eigenvalue weighted by atomic mass is 16.5. The van der Waals surface area contributed by atoms with Gasteiger partial charge in [-0.05, 0) is 42.7 Å². The fraction of sp³-hybridized carbons (Fsp3) is 0.667. The molecule has 0 aromatic heterocycles. The lowest BCUT2D eigenvalue weighted by Crippen LogP contribution is -2.40. The van der Waals surface area contributed by atoms with Gasteiger partial charge >= 0.3 is 0 Å². The average molecular weight is 292 g/mol. The maximum absolute atomic E-state index is 10.1. The van der Waals surface area contributed by atoms with E-state index in [9.17, 15) is 5.11 Å². The first kappa shape index (κ1) is 16.3. The molecule has 1 aromatic rings. The van der Waals surface area contributed by atoms with Crippen molar-refractivity contribution >= 4 is 0 Å². The van der Waals surface area contributed by atoms with Crippen LogP contribution in [-0.2, 0) is 4.74 Å². The minimum Gasteiger partial charge on any atom is -0.491 e. The van der Waals surface area contributed by atoms with Crippen LogP contribution in [0.3, 0.4) is 0 Å². The summed E-state index contributed by atoms with van der Waals surface area (Å²) in [5.74, 6) is 1.47. The van der Waals surface area contributed by atoms with Gasteiger partial charge in [-0.1, -0.05) is 39.0 Å². The van der Waals surface area contributed by atoms with Gasteiger partial charge in [-0.2, -0.15) is 0 Å². The average Bonchev–Trinajstić information content (AvgIpc) is 2.45. The van der Waals surface area contributed by atoms with Gasteiger partial charge in [0.1, 0.15) is 12.4 Å². The van der Waals surface area contributed by atoms with E-state index in [0.29, 0.717) is 19.1 Å². The van der Waals surface area contributed by atoms with Gasteiger partial charge in [0, 0.05) is 0 Å². The summed E-state index contributed by atoms with van der Waals surface area (Å²) in [6.07, 6.45) is 2.48. The van der Waals surface area contributed by atoms with Crippen molar-refractivity contribution in [1.82, 2.24) is 0 Å². The molecule has 2 rings (SSSR count). The zero-order valence-corrected chi connectivity index (χ0v) is 13.4. The van der Waals surface area contributed by atoms with E-state index in [-0.39, 0.29) is 17.6 Å². The third kappa shape index (κ3) is 5.01. The monoisotopic (exact) mass is 292 g/mol. The Balaban J connectivity index is 1.73. The Morgan fingerprint density at radius 3 is 2.48 bits per heavy atom. The summed E-state index contributed by atoms with van der Waals surface area (Å²) in [5.41, 5.74) is 0.280. The van der Waals surface area contributed by atoms with Crippen LogP contribution < -0.4 is 4.74 Å². The summed E-state index contributed by atoms with van der Waals surface area (Å²) < 4.78 is 11.5. The van der Waals surface area contributed by atoms with Crippen molar-refractivity contribution < 1.29 is 14.6 Å². The van der Waals surface area contributed by atoms with Crippen molar-refractivity contribution in [2.75, 3.05) is 13.2 Å². The van der Waals surface area contributed by atoms with E-state index in [1.54, 1.807) is 0 Å². The molecule has 3 heteroatoms. The SMILES string of the molecule is CC(C)(C)C1CCC(O)C(OCCOc2ccccc2)C1. The summed E-state index contributed by atoms with van der Waals surface area (Å²) in [5, 5.41) is 10.1. The molecule has 0 amide bonds. The highest BCUT2D eigenvalue weighted by molar-refractivity contribution is 5.20. The highest BCUT2D eigenvalue weighted by Crippen LogP contribution is 2.38. The van der Waals surface area contributed by atoms with Crippen LogP contribution in [0.15, 0.2) is 30.3 Å². The van der Waals surface area contributed by atoms with E-state index in [2.05, 4.69) is 20.8 Å². The van der Waals surface area contributed by atoms with Gasteiger partial charge in [-0.15, -0.1) is 0 Å². The number of rotatable bonds is 5. The molecule has 3 atom stereocenters. The van der Waals surface area contributed by atoms with Crippen LogP contribution >= 0.6 is 0 Å². The van der Waals surface area contributed by atoms with E-state index in [1.807, 2.05) is 30.3 Å². The molecule has 3 nitrogen and oxygen atoms in total. The molecule has 1 N–H and O–H groups in total. The second-order valence-electron chi connectivity index (χ2n) is 7.01. The van der Waals surface area contributed by atoms with Crippen molar-refractivity contribution in [3.63, 3.8) is 0 Å². The van der Waals surface area contributed by atoms with Crippen molar-refractivity contribution in [3.8, 4) is 5.75 Å². The molecule has 0 spiro atoms. The number of hydrogen-bond acceptors (Lipinski definition) is 3. The first-order chi connectivity index (χ1) is 9.97. The van der Waals surface area contributed by atoms with Crippen molar-refractivity contribution in [3.05, 3.63) is 30.3 Å². The van der Waals surface area contributed by atoms with Crippen LogP contribution in [0.4, 0.5) is 0 Å². The number of aliphatic hydroxyl groups excluding tert-OH is 1. The molecule has 1 aliphatic rings. The molecule has 1 aliphatic carbocycles. The molecule has 0 aliphatic heterocycles. The lowest BCUT2D eigenvalue weighted by Gasteiger charge is -2.39. The fourth-order valence-electron chi connectivity index (χ4n) is 2.95. The van der Waals surface area contributed by atoms with Crippen LogP contribution in [0, 0.1) is 11.3 Å². The summed E-state index contributed by atoms with van der Waals surface area (Å²) in [4.78, 5) is 0. The van der Waals surface area contributed by atoms with E-state index in [1.165, 1.54) is 0 Å². The molecular weight excluding hydrogens is 264 g/mol. The standard InChI is InChI=1S/C18H28O3/c1-18(2,3)14-9-10-16(19)17(13-14)21-12-11-20-15-7-5-4-6-8-15/h4-8,14,16-17,19H,9-13H2,1-3H3. The normalized spacial score (nSPS) is 26.6. The lowest BCUT2D eigenvalue weighted by atomic mass is 9.71. The Kier molecular flexibility index (Phi) is 5.65. The molecule has 0 saturated heterocycles. The number of aliphatic hydroxyl groups is 1. The molecule has 1 saturated carbocycles. The minimum atomic E-state index is -0.333. The van der Waals surface area contributed by atoms with Gasteiger partial charge in [-0.25, -0.2) is 0 Å². The van der Waals surface area contributed by atoms with Crippen LogP contribution in [-0.4, -0.2) is 30.5 Å². The maximum atomic E-state index is 10.1. The molecular formula is C18H28O3. The van der Waals surface area contributed by atoms with Gasteiger partial charge in [0.05, 0.1) is 18.8 Å². The zero-order valence-electron chi connectivity index (χ0n) is 13.4. The molecule has 0 radical (unpaired) electrons. The Morgan fingerprint density at radius 2 is 1.81 bits per heavy atom. The second kappa shape index (κ2) is 7.28. The van der Waals surface area contributed by atoms with Crippen molar-refractivity contribution in [1.29, 1.82) is 0 Å². The van der Waals surface area contributed by atoms with E-state index >= 15 is 0 Å². The molecule has 0 heterocycles. The maximum Gasteiger partial charge on any atom is 0.119 e. The quantitative estimate of drug-likeness (QED) is 0.842. The zero-order chi connectivity index (χ0) is 15.3. The number of benzene rings is 1. The smallest absolute Gasteiger partial charge is 0.119 e. The van der Waals surface area contributed by atoms with Crippen LogP contribution in [0.1, 0.15) is 40.0 Å². The Morgan fingerprint density at radius 1 is 1.10 bits per heavy atom. The topological polar surface area (TPSA) is 38.7 Å². The van der Waals surface area contributed by atoms with Gasteiger partial charge in [0.2, 0.25) is 0 Å². The summed E-state index contributed by atoms with van der Waals surface area (Å²) >= 11 is 0. The predicted molar refractivity (Wildman–Crippen MR) is 84.5 cm³/mol. The largest absolute Gasteiger partial charge is 0.491 e. The fourth-order valence-corrected chi connectivity index (χ4v) is 2.95.